The average molecular weight is 524 g/mol. The number of fused-ring (bicyclic) bond motifs is 2. The summed E-state index contributed by atoms with van der Waals surface area (Å²) in [5, 5.41) is 12.9. The van der Waals surface area contributed by atoms with Gasteiger partial charge >= 0.3 is 5.63 Å². The summed E-state index contributed by atoms with van der Waals surface area (Å²) in [6.45, 7) is 7.72. The van der Waals surface area contributed by atoms with Gasteiger partial charge in [-0.05, 0) is 87.9 Å². The molecular formula is C30H34ClNO5. The molecule has 37 heavy (non-hydrogen) atoms. The van der Waals surface area contributed by atoms with Crippen LogP contribution in [0.15, 0.2) is 45.6 Å². The van der Waals surface area contributed by atoms with Crippen molar-refractivity contribution in [1.82, 2.24) is 4.90 Å². The van der Waals surface area contributed by atoms with Crippen LogP contribution in [0.2, 0.25) is 5.02 Å². The molecule has 0 bridgehead atoms. The van der Waals surface area contributed by atoms with Gasteiger partial charge in [0.1, 0.15) is 11.3 Å². The second-order valence-corrected chi connectivity index (χ2v) is 11.2. The van der Waals surface area contributed by atoms with Crippen molar-refractivity contribution in [2.45, 2.75) is 77.5 Å². The maximum Gasteiger partial charge on any atom is 0.339 e. The third-order valence-electron chi connectivity index (χ3n) is 8.37. The Hall–Kier alpha value is -2.83. The fourth-order valence-electron chi connectivity index (χ4n) is 6.26. The third kappa shape index (κ3) is 4.66. The number of benzene rings is 2. The molecule has 0 spiro atoms. The number of nitrogens with zero attached hydrogens (tertiary/aromatic N) is 1. The van der Waals surface area contributed by atoms with E-state index in [0.29, 0.717) is 40.3 Å². The number of carbonyl (C=O) groups is 1. The minimum atomic E-state index is -0.777. The summed E-state index contributed by atoms with van der Waals surface area (Å²) in [4.78, 5) is 28.1. The molecule has 1 amide bonds. The predicted molar refractivity (Wildman–Crippen MR) is 144 cm³/mol. The molecule has 1 unspecified atom stereocenters. The summed E-state index contributed by atoms with van der Waals surface area (Å²) in [5.74, 6) is 0.342. The zero-order valence-corrected chi connectivity index (χ0v) is 22.6. The molecule has 4 atom stereocenters. The van der Waals surface area contributed by atoms with Crippen molar-refractivity contribution in [3.8, 4) is 5.75 Å². The Morgan fingerprint density at radius 2 is 1.86 bits per heavy atom. The zero-order chi connectivity index (χ0) is 26.5. The number of amides is 1. The lowest BCUT2D eigenvalue weighted by Gasteiger charge is -2.53. The molecule has 5 rings (SSSR count). The summed E-state index contributed by atoms with van der Waals surface area (Å²) in [6, 6.07) is 11.0. The molecule has 7 heteroatoms. The van der Waals surface area contributed by atoms with Gasteiger partial charge in [-0.2, -0.15) is 0 Å². The van der Waals surface area contributed by atoms with E-state index in [0.717, 1.165) is 42.4 Å². The normalized spacial score (nSPS) is 24.5. The fraction of sp³-hybridized carbons (Fsp3) is 0.467. The van der Waals surface area contributed by atoms with E-state index in [4.69, 9.17) is 20.8 Å². The van der Waals surface area contributed by atoms with Crippen LogP contribution in [0.1, 0.15) is 67.3 Å². The molecule has 196 valence electrons. The Bertz CT molecular complexity index is 1400. The predicted octanol–water partition coefficient (Wildman–Crippen LogP) is 6.03. The molecule has 1 aromatic heterocycles. The van der Waals surface area contributed by atoms with Gasteiger partial charge in [-0.3, -0.25) is 4.79 Å². The van der Waals surface area contributed by atoms with Gasteiger partial charge in [-0.1, -0.05) is 36.6 Å². The van der Waals surface area contributed by atoms with Gasteiger partial charge in [0.05, 0.1) is 17.0 Å². The number of aryl methyl sites for hydroxylation is 2. The van der Waals surface area contributed by atoms with Crippen molar-refractivity contribution in [2.24, 2.45) is 5.92 Å². The first-order valence-corrected chi connectivity index (χ1v) is 13.5. The Morgan fingerprint density at radius 3 is 2.59 bits per heavy atom. The number of likely N-dealkylation sites (tertiary alicyclic amines) is 1. The number of carbonyl (C=O) groups excluding carboxylic acids is 1. The Morgan fingerprint density at radius 1 is 1.14 bits per heavy atom. The number of ether oxygens (including phenoxy) is 1. The lowest BCUT2D eigenvalue weighted by atomic mass is 9.66. The molecule has 2 fully saturated rings. The van der Waals surface area contributed by atoms with Crippen LogP contribution in [-0.4, -0.2) is 34.2 Å². The number of hydrogen-bond acceptors (Lipinski definition) is 5. The SMILES string of the molecule is Cc1cc(OC(C)C(=O)N2CC[C@@]3(O)CCCC[C@H]3[C@@H]2c2ccc(Cl)cc2)c2c(C)c(C)c(=O)oc2c1. The second kappa shape index (κ2) is 9.80. The van der Waals surface area contributed by atoms with Crippen molar-refractivity contribution in [1.29, 1.82) is 0 Å². The summed E-state index contributed by atoms with van der Waals surface area (Å²) in [5.41, 5.74) is 2.46. The number of halogens is 1. The van der Waals surface area contributed by atoms with E-state index in [9.17, 15) is 14.7 Å². The Kier molecular flexibility index (Phi) is 6.84. The lowest BCUT2D eigenvalue weighted by molar-refractivity contribution is -0.161. The molecule has 0 radical (unpaired) electrons. The highest BCUT2D eigenvalue weighted by molar-refractivity contribution is 6.30. The van der Waals surface area contributed by atoms with Crippen LogP contribution >= 0.6 is 11.6 Å². The van der Waals surface area contributed by atoms with E-state index < -0.39 is 11.7 Å². The summed E-state index contributed by atoms with van der Waals surface area (Å²) >= 11 is 6.17. The van der Waals surface area contributed by atoms with E-state index in [1.165, 1.54) is 0 Å². The number of piperidine rings is 1. The first kappa shape index (κ1) is 25.8. The first-order valence-electron chi connectivity index (χ1n) is 13.1. The van der Waals surface area contributed by atoms with Crippen molar-refractivity contribution >= 4 is 28.5 Å². The van der Waals surface area contributed by atoms with Crippen LogP contribution in [0.25, 0.3) is 11.0 Å². The number of aliphatic hydroxyl groups is 1. The van der Waals surface area contributed by atoms with Gasteiger partial charge in [0.2, 0.25) is 0 Å². The minimum Gasteiger partial charge on any atom is -0.480 e. The molecule has 2 aromatic carbocycles. The minimum absolute atomic E-state index is 0.0497. The summed E-state index contributed by atoms with van der Waals surface area (Å²) < 4.78 is 11.9. The molecular weight excluding hydrogens is 490 g/mol. The number of hydrogen-bond donors (Lipinski definition) is 1. The van der Waals surface area contributed by atoms with Crippen molar-refractivity contribution in [2.75, 3.05) is 6.54 Å². The molecule has 1 aliphatic carbocycles. The van der Waals surface area contributed by atoms with Crippen molar-refractivity contribution in [3.63, 3.8) is 0 Å². The maximum absolute atomic E-state index is 14.0. The van der Waals surface area contributed by atoms with E-state index in [1.807, 2.05) is 55.1 Å². The molecule has 1 N–H and O–H groups in total. The molecule has 1 saturated carbocycles. The van der Waals surface area contributed by atoms with E-state index >= 15 is 0 Å². The molecule has 1 aliphatic heterocycles. The van der Waals surface area contributed by atoms with Crippen molar-refractivity contribution in [3.05, 3.63) is 74.1 Å². The van der Waals surface area contributed by atoms with Crippen LogP contribution in [0.4, 0.5) is 0 Å². The quantitative estimate of drug-likeness (QED) is 0.422. The smallest absolute Gasteiger partial charge is 0.339 e. The van der Waals surface area contributed by atoms with Crippen molar-refractivity contribution < 1.29 is 19.1 Å². The van der Waals surface area contributed by atoms with Crippen LogP contribution < -0.4 is 10.4 Å². The largest absolute Gasteiger partial charge is 0.480 e. The highest BCUT2D eigenvalue weighted by Gasteiger charge is 2.50. The van der Waals surface area contributed by atoms with Crippen LogP contribution in [0.5, 0.6) is 5.75 Å². The highest BCUT2D eigenvalue weighted by atomic mass is 35.5. The van der Waals surface area contributed by atoms with E-state index in [1.54, 1.807) is 13.8 Å². The highest BCUT2D eigenvalue weighted by Crippen LogP contribution is 2.49. The number of rotatable bonds is 4. The summed E-state index contributed by atoms with van der Waals surface area (Å²) in [6.07, 6.45) is 3.43. The van der Waals surface area contributed by atoms with Crippen LogP contribution in [-0.2, 0) is 4.79 Å². The summed E-state index contributed by atoms with van der Waals surface area (Å²) in [7, 11) is 0. The first-order chi connectivity index (χ1) is 17.6. The third-order valence-corrected chi connectivity index (χ3v) is 8.62. The van der Waals surface area contributed by atoms with Gasteiger partial charge in [0.15, 0.2) is 6.10 Å². The van der Waals surface area contributed by atoms with Crippen LogP contribution in [0, 0.1) is 26.7 Å². The Labute approximate surface area is 222 Å². The van der Waals surface area contributed by atoms with Gasteiger partial charge < -0.3 is 19.2 Å². The molecule has 2 heterocycles. The van der Waals surface area contributed by atoms with Gasteiger partial charge in [-0.25, -0.2) is 4.79 Å². The topological polar surface area (TPSA) is 80.0 Å². The van der Waals surface area contributed by atoms with E-state index in [-0.39, 0.29) is 23.5 Å². The molecule has 6 nitrogen and oxygen atoms in total. The maximum atomic E-state index is 14.0. The van der Waals surface area contributed by atoms with E-state index in [2.05, 4.69) is 0 Å². The van der Waals surface area contributed by atoms with Gasteiger partial charge in [0.25, 0.3) is 5.91 Å². The monoisotopic (exact) mass is 523 g/mol. The Balaban J connectivity index is 1.50. The fourth-order valence-corrected chi connectivity index (χ4v) is 6.38. The van der Waals surface area contributed by atoms with Gasteiger partial charge in [-0.15, -0.1) is 0 Å². The lowest BCUT2D eigenvalue weighted by Crippen LogP contribution is -2.58. The van der Waals surface area contributed by atoms with Crippen LogP contribution in [0.3, 0.4) is 0 Å². The standard InChI is InChI=1S/C30H34ClNO5/c1-17-15-24(26-18(2)19(3)29(34)37-25(26)16-17)36-20(4)28(33)32-14-13-30(35)12-6-5-7-23(30)27(32)21-8-10-22(31)11-9-21/h8-11,15-16,20,23,27,35H,5-7,12-14H2,1-4H3/t20?,23-,27-,30-/m0/s1. The molecule has 1 saturated heterocycles. The van der Waals surface area contributed by atoms with Gasteiger partial charge in [0, 0.05) is 23.0 Å². The molecule has 3 aromatic rings. The second-order valence-electron chi connectivity index (χ2n) is 10.8. The zero-order valence-electron chi connectivity index (χ0n) is 21.8. The molecule has 2 aliphatic rings. The average Bonchev–Trinajstić information content (AvgIpc) is 2.86.